The van der Waals surface area contributed by atoms with Crippen molar-refractivity contribution in [3.63, 3.8) is 0 Å². The number of nitrogens with zero attached hydrogens (tertiary/aromatic N) is 2. The lowest BCUT2D eigenvalue weighted by Crippen LogP contribution is -2.48. The van der Waals surface area contributed by atoms with Gasteiger partial charge in [0.1, 0.15) is 11.7 Å². The van der Waals surface area contributed by atoms with Crippen molar-refractivity contribution in [2.24, 2.45) is 11.3 Å². The summed E-state index contributed by atoms with van der Waals surface area (Å²) in [7, 11) is 0. The fraction of sp³-hybridized carbons (Fsp3) is 0.421. The van der Waals surface area contributed by atoms with E-state index >= 15 is 0 Å². The van der Waals surface area contributed by atoms with Gasteiger partial charge in [0.25, 0.3) is 5.69 Å². The summed E-state index contributed by atoms with van der Waals surface area (Å²) in [4.78, 5) is 23.4. The highest BCUT2D eigenvalue weighted by atomic mass is 16.6. The minimum atomic E-state index is -1.08. The van der Waals surface area contributed by atoms with E-state index in [1.807, 2.05) is 13.8 Å². The molecule has 0 bridgehead atoms. The Balaban J connectivity index is 2.23. The van der Waals surface area contributed by atoms with Crippen molar-refractivity contribution in [1.82, 2.24) is 0 Å². The molecule has 0 saturated heterocycles. The molecule has 1 N–H and O–H groups in total. The minimum Gasteiger partial charge on any atom is -0.446 e. The maximum Gasteiger partial charge on any atom is 0.269 e. The maximum absolute atomic E-state index is 13.0. The Labute approximate surface area is 150 Å². The van der Waals surface area contributed by atoms with Crippen molar-refractivity contribution < 1.29 is 14.5 Å². The summed E-state index contributed by atoms with van der Waals surface area (Å²) in [5, 5.41) is 28.8. The zero-order valence-corrected chi connectivity index (χ0v) is 14.8. The van der Waals surface area contributed by atoms with E-state index in [9.17, 15) is 20.2 Å². The van der Waals surface area contributed by atoms with Crippen LogP contribution in [0, 0.1) is 38.2 Å². The standard InChI is InChI=1S/C19H19N3O4/c1-18(2)8-14(23)16-15(9-18)26-17(21)13(10-20)19(16,3)11-4-6-12(7-5-11)22(24)25/h4-7,13,21H,8-9H2,1-3H3. The lowest BCUT2D eigenvalue weighted by Gasteiger charge is -2.45. The monoisotopic (exact) mass is 353 g/mol. The summed E-state index contributed by atoms with van der Waals surface area (Å²) >= 11 is 0. The van der Waals surface area contributed by atoms with Crippen LogP contribution in [-0.2, 0) is 14.9 Å². The van der Waals surface area contributed by atoms with Crippen molar-refractivity contribution in [1.29, 1.82) is 10.7 Å². The fourth-order valence-corrected chi connectivity index (χ4v) is 3.96. The molecule has 0 saturated carbocycles. The molecule has 1 aliphatic carbocycles. The number of hydrogen-bond acceptors (Lipinski definition) is 6. The Kier molecular flexibility index (Phi) is 3.95. The first-order valence-electron chi connectivity index (χ1n) is 8.28. The molecule has 1 heterocycles. The number of carbonyl (C=O) groups is 1. The molecule has 0 radical (unpaired) electrons. The van der Waals surface area contributed by atoms with Crippen LogP contribution < -0.4 is 0 Å². The largest absolute Gasteiger partial charge is 0.446 e. The SMILES string of the molecule is CC1(C)CC(=O)C2=C(C1)OC(=N)C(C#N)C2(C)c1ccc([N+](=O)[O-])cc1. The Bertz CT molecular complexity index is 892. The Morgan fingerprint density at radius 2 is 1.88 bits per heavy atom. The Morgan fingerprint density at radius 3 is 2.42 bits per heavy atom. The van der Waals surface area contributed by atoms with E-state index in [1.165, 1.54) is 12.1 Å². The van der Waals surface area contributed by atoms with Gasteiger partial charge in [-0.3, -0.25) is 20.3 Å². The number of hydrogen-bond donors (Lipinski definition) is 1. The number of nitriles is 1. The van der Waals surface area contributed by atoms with Gasteiger partial charge in [-0.15, -0.1) is 0 Å². The number of Topliss-reactive ketones (excluding diaryl/α,β-unsaturated/α-hetero) is 1. The summed E-state index contributed by atoms with van der Waals surface area (Å²) < 4.78 is 5.59. The van der Waals surface area contributed by atoms with Gasteiger partial charge in [0, 0.05) is 36.0 Å². The highest BCUT2D eigenvalue weighted by Gasteiger charge is 2.53. The summed E-state index contributed by atoms with van der Waals surface area (Å²) in [6.07, 6.45) is 0.820. The topological polar surface area (TPSA) is 117 Å². The summed E-state index contributed by atoms with van der Waals surface area (Å²) in [5.41, 5.74) is -0.441. The number of ketones is 1. The number of carbonyl (C=O) groups excluding carboxylic acids is 1. The third-order valence-corrected chi connectivity index (χ3v) is 5.23. The zero-order chi connectivity index (χ0) is 19.3. The molecule has 134 valence electrons. The van der Waals surface area contributed by atoms with Gasteiger partial charge < -0.3 is 4.74 Å². The molecular weight excluding hydrogens is 334 g/mol. The van der Waals surface area contributed by atoms with Gasteiger partial charge in [-0.1, -0.05) is 26.0 Å². The lowest BCUT2D eigenvalue weighted by atomic mass is 9.60. The quantitative estimate of drug-likeness (QED) is 0.643. The third-order valence-electron chi connectivity index (χ3n) is 5.23. The molecule has 1 aromatic carbocycles. The van der Waals surface area contributed by atoms with Crippen LogP contribution in [0.1, 0.15) is 39.2 Å². The van der Waals surface area contributed by atoms with Crippen molar-refractivity contribution in [3.05, 3.63) is 51.3 Å². The van der Waals surface area contributed by atoms with Crippen molar-refractivity contribution in [3.8, 4) is 6.07 Å². The van der Waals surface area contributed by atoms with Gasteiger partial charge >= 0.3 is 0 Å². The molecule has 0 spiro atoms. The Morgan fingerprint density at radius 1 is 1.27 bits per heavy atom. The second kappa shape index (κ2) is 5.77. The van der Waals surface area contributed by atoms with Gasteiger partial charge in [-0.2, -0.15) is 5.26 Å². The van der Waals surface area contributed by atoms with E-state index in [0.717, 1.165) is 0 Å². The summed E-state index contributed by atoms with van der Waals surface area (Å²) in [6.45, 7) is 5.66. The van der Waals surface area contributed by atoms with Crippen LogP contribution in [0.4, 0.5) is 5.69 Å². The first kappa shape index (κ1) is 17.8. The molecule has 3 rings (SSSR count). The van der Waals surface area contributed by atoms with Crippen LogP contribution in [0.15, 0.2) is 35.6 Å². The summed E-state index contributed by atoms with van der Waals surface area (Å²) in [5.74, 6) is -0.848. The molecule has 2 unspecified atom stereocenters. The highest BCUT2D eigenvalue weighted by molar-refractivity contribution is 6.03. The first-order valence-corrected chi connectivity index (χ1v) is 8.28. The number of ether oxygens (including phenoxy) is 1. The van der Waals surface area contributed by atoms with Gasteiger partial charge in [-0.25, -0.2) is 0 Å². The van der Waals surface area contributed by atoms with Crippen molar-refractivity contribution >= 4 is 17.4 Å². The van der Waals surface area contributed by atoms with Gasteiger partial charge in [-0.05, 0) is 17.9 Å². The molecule has 7 heteroatoms. The molecule has 1 aromatic rings. The maximum atomic E-state index is 13.0. The van der Waals surface area contributed by atoms with E-state index in [1.54, 1.807) is 19.1 Å². The lowest BCUT2D eigenvalue weighted by molar-refractivity contribution is -0.384. The predicted molar refractivity (Wildman–Crippen MR) is 93.4 cm³/mol. The average molecular weight is 353 g/mol. The average Bonchev–Trinajstić information content (AvgIpc) is 2.53. The van der Waals surface area contributed by atoms with E-state index in [2.05, 4.69) is 6.07 Å². The highest BCUT2D eigenvalue weighted by Crippen LogP contribution is 2.51. The van der Waals surface area contributed by atoms with Crippen LogP contribution in [0.5, 0.6) is 0 Å². The second-order valence-electron chi connectivity index (χ2n) is 7.77. The number of allylic oxidation sites excluding steroid dienone is 2. The predicted octanol–water partition coefficient (Wildman–Crippen LogP) is 3.64. The van der Waals surface area contributed by atoms with E-state index in [-0.39, 0.29) is 22.8 Å². The molecular formula is C19H19N3O4. The van der Waals surface area contributed by atoms with Crippen molar-refractivity contribution in [2.45, 2.75) is 39.0 Å². The second-order valence-corrected chi connectivity index (χ2v) is 7.77. The smallest absolute Gasteiger partial charge is 0.269 e. The van der Waals surface area contributed by atoms with E-state index in [0.29, 0.717) is 29.7 Å². The molecule has 0 aromatic heterocycles. The number of rotatable bonds is 2. The zero-order valence-electron chi connectivity index (χ0n) is 14.8. The normalized spacial score (nSPS) is 27.4. The minimum absolute atomic E-state index is 0.0710. The molecule has 2 aliphatic rings. The summed E-state index contributed by atoms with van der Waals surface area (Å²) in [6, 6.07) is 7.90. The van der Waals surface area contributed by atoms with E-state index in [4.69, 9.17) is 10.1 Å². The number of nitro benzene ring substituents is 1. The molecule has 7 nitrogen and oxygen atoms in total. The first-order chi connectivity index (χ1) is 12.1. The molecule has 1 aliphatic heterocycles. The van der Waals surface area contributed by atoms with E-state index < -0.39 is 16.3 Å². The fourth-order valence-electron chi connectivity index (χ4n) is 3.96. The molecule has 2 atom stereocenters. The van der Waals surface area contributed by atoms with Gasteiger partial charge in [0.05, 0.1) is 11.0 Å². The van der Waals surface area contributed by atoms with Crippen LogP contribution >= 0.6 is 0 Å². The molecule has 26 heavy (non-hydrogen) atoms. The number of nitro groups is 1. The van der Waals surface area contributed by atoms with Gasteiger partial charge in [0.2, 0.25) is 5.90 Å². The molecule has 0 fully saturated rings. The van der Waals surface area contributed by atoms with Crippen LogP contribution in [0.3, 0.4) is 0 Å². The number of benzene rings is 1. The number of nitrogens with one attached hydrogen (secondary N) is 1. The third kappa shape index (κ3) is 2.58. The number of non-ortho nitro benzene ring substituents is 1. The molecule has 0 amide bonds. The Hall–Kier alpha value is -3.01. The van der Waals surface area contributed by atoms with Crippen LogP contribution in [0.2, 0.25) is 0 Å². The van der Waals surface area contributed by atoms with Crippen molar-refractivity contribution in [2.75, 3.05) is 0 Å². The van der Waals surface area contributed by atoms with Gasteiger partial charge in [0.15, 0.2) is 5.78 Å². The van der Waals surface area contributed by atoms with Crippen LogP contribution in [-0.4, -0.2) is 16.6 Å². The van der Waals surface area contributed by atoms with Crippen LogP contribution in [0.25, 0.3) is 0 Å².